The molecule has 1 amide bonds. The van der Waals surface area contributed by atoms with Crippen LogP contribution < -0.4 is 14.9 Å². The van der Waals surface area contributed by atoms with Crippen LogP contribution in [0.2, 0.25) is 0 Å². The van der Waals surface area contributed by atoms with Crippen molar-refractivity contribution in [1.82, 2.24) is 15.2 Å². The number of carbonyl (C=O) groups is 1. The highest BCUT2D eigenvalue weighted by molar-refractivity contribution is 5.95. The van der Waals surface area contributed by atoms with Gasteiger partial charge in [-0.2, -0.15) is 10.2 Å². The molecule has 0 spiro atoms. The molecule has 0 aliphatic carbocycles. The Labute approximate surface area is 134 Å². The van der Waals surface area contributed by atoms with Crippen molar-refractivity contribution in [3.63, 3.8) is 0 Å². The van der Waals surface area contributed by atoms with E-state index in [4.69, 9.17) is 9.47 Å². The number of aryl methyl sites for hydroxylation is 2. The summed E-state index contributed by atoms with van der Waals surface area (Å²) in [7, 11) is 4.92. The van der Waals surface area contributed by atoms with Crippen molar-refractivity contribution in [1.29, 1.82) is 0 Å². The van der Waals surface area contributed by atoms with Crippen molar-refractivity contribution in [2.24, 2.45) is 12.1 Å². The summed E-state index contributed by atoms with van der Waals surface area (Å²) in [5.41, 5.74) is 5.65. The lowest BCUT2D eigenvalue weighted by Crippen LogP contribution is -2.17. The SMILES string of the molecule is COc1ccc(C(=O)N/N=C\c2c(C)nn(C)c2C)cc1OC. The van der Waals surface area contributed by atoms with E-state index in [0.29, 0.717) is 17.1 Å². The number of rotatable bonds is 5. The summed E-state index contributed by atoms with van der Waals surface area (Å²) in [4.78, 5) is 12.1. The molecule has 1 aromatic carbocycles. The normalized spacial score (nSPS) is 10.8. The first-order valence-corrected chi connectivity index (χ1v) is 7.03. The molecule has 23 heavy (non-hydrogen) atoms. The molecule has 0 bridgehead atoms. The summed E-state index contributed by atoms with van der Waals surface area (Å²) in [5.74, 6) is 0.721. The molecule has 7 nitrogen and oxygen atoms in total. The molecular weight excluding hydrogens is 296 g/mol. The first kappa shape index (κ1) is 16.5. The van der Waals surface area contributed by atoms with E-state index in [1.54, 1.807) is 36.2 Å². The Kier molecular flexibility index (Phi) is 5.00. The molecule has 0 radical (unpaired) electrons. The second kappa shape index (κ2) is 6.95. The Balaban J connectivity index is 2.12. The predicted molar refractivity (Wildman–Crippen MR) is 87.3 cm³/mol. The predicted octanol–water partition coefficient (Wildman–Crippen LogP) is 1.82. The van der Waals surface area contributed by atoms with Crippen LogP contribution in [0.25, 0.3) is 0 Å². The fourth-order valence-electron chi connectivity index (χ4n) is 2.17. The van der Waals surface area contributed by atoms with E-state index in [9.17, 15) is 4.79 Å². The second-order valence-electron chi connectivity index (χ2n) is 4.98. The number of carbonyl (C=O) groups excluding carboxylic acids is 1. The third kappa shape index (κ3) is 3.50. The molecule has 7 heteroatoms. The van der Waals surface area contributed by atoms with Gasteiger partial charge in [-0.25, -0.2) is 5.43 Å². The third-order valence-corrected chi connectivity index (χ3v) is 3.57. The summed E-state index contributed by atoms with van der Waals surface area (Å²) in [5, 5.41) is 8.29. The van der Waals surface area contributed by atoms with Crippen molar-refractivity contribution in [3.05, 3.63) is 40.7 Å². The van der Waals surface area contributed by atoms with Crippen LogP contribution in [0.1, 0.15) is 27.3 Å². The van der Waals surface area contributed by atoms with Gasteiger partial charge in [-0.15, -0.1) is 0 Å². The van der Waals surface area contributed by atoms with Gasteiger partial charge in [0.2, 0.25) is 0 Å². The lowest BCUT2D eigenvalue weighted by molar-refractivity contribution is 0.0954. The standard InChI is InChI=1S/C16H20N4O3/c1-10-13(11(2)20(3)19-10)9-17-18-16(21)12-6-7-14(22-4)15(8-12)23-5/h6-9H,1-5H3,(H,18,21)/b17-9-. The molecule has 0 saturated heterocycles. The summed E-state index contributed by atoms with van der Waals surface area (Å²) in [6.45, 7) is 3.84. The first-order chi connectivity index (χ1) is 11.0. The lowest BCUT2D eigenvalue weighted by Gasteiger charge is -2.08. The molecule has 0 aliphatic heterocycles. The van der Waals surface area contributed by atoms with Crippen LogP contribution >= 0.6 is 0 Å². The molecular formula is C16H20N4O3. The van der Waals surface area contributed by atoms with Crippen LogP contribution in [-0.4, -0.2) is 36.1 Å². The Morgan fingerprint density at radius 2 is 1.96 bits per heavy atom. The van der Waals surface area contributed by atoms with Crippen LogP contribution in [-0.2, 0) is 7.05 Å². The van der Waals surface area contributed by atoms with E-state index < -0.39 is 0 Å². The number of methoxy groups -OCH3 is 2. The zero-order chi connectivity index (χ0) is 17.0. The van der Waals surface area contributed by atoms with Crippen molar-refractivity contribution >= 4 is 12.1 Å². The third-order valence-electron chi connectivity index (χ3n) is 3.57. The average Bonchev–Trinajstić information content (AvgIpc) is 2.80. The number of ether oxygens (including phenoxy) is 2. The molecule has 0 unspecified atom stereocenters. The molecule has 1 aromatic heterocycles. The van der Waals surface area contributed by atoms with Crippen molar-refractivity contribution in [2.45, 2.75) is 13.8 Å². The maximum Gasteiger partial charge on any atom is 0.271 e. The van der Waals surface area contributed by atoms with Gasteiger partial charge in [0.1, 0.15) is 0 Å². The number of hydrogen-bond acceptors (Lipinski definition) is 5. The smallest absolute Gasteiger partial charge is 0.271 e. The van der Waals surface area contributed by atoms with E-state index in [1.165, 1.54) is 7.11 Å². The Morgan fingerprint density at radius 1 is 1.26 bits per heavy atom. The summed E-state index contributed by atoms with van der Waals surface area (Å²) in [6.07, 6.45) is 1.59. The molecule has 1 heterocycles. The van der Waals surface area contributed by atoms with E-state index in [0.717, 1.165) is 17.0 Å². The Morgan fingerprint density at radius 3 is 2.52 bits per heavy atom. The highest BCUT2D eigenvalue weighted by Crippen LogP contribution is 2.27. The second-order valence-corrected chi connectivity index (χ2v) is 4.98. The van der Waals surface area contributed by atoms with E-state index in [-0.39, 0.29) is 5.91 Å². The number of nitrogens with zero attached hydrogens (tertiary/aromatic N) is 3. The van der Waals surface area contributed by atoms with Crippen molar-refractivity contribution < 1.29 is 14.3 Å². The number of aromatic nitrogens is 2. The average molecular weight is 316 g/mol. The number of hydrazone groups is 1. The van der Waals surface area contributed by atoms with Gasteiger partial charge in [0.05, 0.1) is 26.1 Å². The van der Waals surface area contributed by atoms with Gasteiger partial charge in [0, 0.05) is 23.9 Å². The maximum atomic E-state index is 12.1. The van der Waals surface area contributed by atoms with Gasteiger partial charge in [-0.1, -0.05) is 0 Å². The highest BCUT2D eigenvalue weighted by atomic mass is 16.5. The zero-order valence-corrected chi connectivity index (χ0v) is 13.9. The topological polar surface area (TPSA) is 77.7 Å². The van der Waals surface area contributed by atoms with E-state index >= 15 is 0 Å². The minimum atomic E-state index is -0.332. The van der Waals surface area contributed by atoms with Gasteiger partial charge >= 0.3 is 0 Å². The highest BCUT2D eigenvalue weighted by Gasteiger charge is 2.10. The fourth-order valence-corrected chi connectivity index (χ4v) is 2.17. The number of nitrogens with one attached hydrogen (secondary N) is 1. The quantitative estimate of drug-likeness (QED) is 0.674. The molecule has 0 fully saturated rings. The minimum absolute atomic E-state index is 0.332. The molecule has 1 N–H and O–H groups in total. The minimum Gasteiger partial charge on any atom is -0.493 e. The van der Waals surface area contributed by atoms with Gasteiger partial charge in [0.25, 0.3) is 5.91 Å². The molecule has 0 aliphatic rings. The maximum absolute atomic E-state index is 12.1. The van der Waals surface area contributed by atoms with Crippen LogP contribution in [0.15, 0.2) is 23.3 Å². The van der Waals surface area contributed by atoms with Gasteiger partial charge in [-0.3, -0.25) is 9.48 Å². The van der Waals surface area contributed by atoms with Crippen LogP contribution in [0.5, 0.6) is 11.5 Å². The monoisotopic (exact) mass is 316 g/mol. The van der Waals surface area contributed by atoms with E-state index in [1.807, 2.05) is 20.9 Å². The number of hydrogen-bond donors (Lipinski definition) is 1. The first-order valence-electron chi connectivity index (χ1n) is 7.03. The van der Waals surface area contributed by atoms with Crippen LogP contribution in [0, 0.1) is 13.8 Å². The fraction of sp³-hybridized carbons (Fsp3) is 0.312. The van der Waals surface area contributed by atoms with Gasteiger partial charge < -0.3 is 9.47 Å². The largest absolute Gasteiger partial charge is 0.493 e. The lowest BCUT2D eigenvalue weighted by atomic mass is 10.2. The van der Waals surface area contributed by atoms with Gasteiger partial charge in [-0.05, 0) is 32.0 Å². The molecule has 0 saturated carbocycles. The molecule has 2 rings (SSSR count). The summed E-state index contributed by atoms with van der Waals surface area (Å²) >= 11 is 0. The molecule has 2 aromatic rings. The van der Waals surface area contributed by atoms with Crippen molar-refractivity contribution in [2.75, 3.05) is 14.2 Å². The number of benzene rings is 1. The zero-order valence-electron chi connectivity index (χ0n) is 13.9. The molecule has 0 atom stereocenters. The van der Waals surface area contributed by atoms with Crippen LogP contribution in [0.3, 0.4) is 0 Å². The van der Waals surface area contributed by atoms with E-state index in [2.05, 4.69) is 15.6 Å². The molecule has 122 valence electrons. The Bertz CT molecular complexity index is 750. The van der Waals surface area contributed by atoms with Crippen molar-refractivity contribution in [3.8, 4) is 11.5 Å². The number of amides is 1. The Hall–Kier alpha value is -2.83. The van der Waals surface area contributed by atoms with Crippen LogP contribution in [0.4, 0.5) is 0 Å². The summed E-state index contributed by atoms with van der Waals surface area (Å²) < 4.78 is 12.1. The van der Waals surface area contributed by atoms with Gasteiger partial charge in [0.15, 0.2) is 11.5 Å². The summed E-state index contributed by atoms with van der Waals surface area (Å²) in [6, 6.07) is 4.92.